The van der Waals surface area contributed by atoms with Crippen molar-refractivity contribution in [3.63, 3.8) is 0 Å². The lowest BCUT2D eigenvalue weighted by molar-refractivity contribution is 0.228. The smallest absolute Gasteiger partial charge is 0.355 e. The zero-order valence-electron chi connectivity index (χ0n) is 20.0. The van der Waals surface area contributed by atoms with Crippen LogP contribution in [-0.2, 0) is 17.1 Å². The number of nitrogens with two attached hydrogens (primary N) is 1. The molecule has 0 unspecified atom stereocenters. The molecule has 0 radical (unpaired) electrons. The maximum Gasteiger partial charge on any atom is 0.355 e. The molecular formula is C25H22F3N5O3S. The van der Waals surface area contributed by atoms with Crippen molar-refractivity contribution in [3.05, 3.63) is 65.6 Å². The fraction of sp³-hybridized carbons (Fsp3) is 0.200. The normalized spacial score (nSPS) is 12.3. The number of ether oxygens (including phenoxy) is 1. The third-order valence-electron chi connectivity index (χ3n) is 5.54. The van der Waals surface area contributed by atoms with E-state index in [1.54, 1.807) is 31.8 Å². The highest BCUT2D eigenvalue weighted by Gasteiger charge is 2.26. The van der Waals surface area contributed by atoms with Crippen molar-refractivity contribution >= 4 is 32.4 Å². The molecule has 0 saturated heterocycles. The molecule has 0 aliphatic rings. The summed E-state index contributed by atoms with van der Waals surface area (Å²) in [6, 6.07) is 9.75. The van der Waals surface area contributed by atoms with Crippen molar-refractivity contribution in [1.82, 2.24) is 14.8 Å². The van der Waals surface area contributed by atoms with Crippen LogP contribution in [0.25, 0.3) is 22.2 Å². The Kier molecular flexibility index (Phi) is 7.00. The molecule has 0 fully saturated rings. The number of halogens is 3. The van der Waals surface area contributed by atoms with Gasteiger partial charge in [0.25, 0.3) is 10.0 Å². The van der Waals surface area contributed by atoms with E-state index in [1.165, 1.54) is 42.5 Å². The number of sulfonamides is 1. The molecule has 2 aromatic carbocycles. The highest BCUT2D eigenvalue weighted by molar-refractivity contribution is 7.93. The summed E-state index contributed by atoms with van der Waals surface area (Å²) in [5, 5.41) is 5.07. The first-order chi connectivity index (χ1) is 17.5. The average molecular weight is 530 g/mol. The predicted molar refractivity (Wildman–Crippen MR) is 135 cm³/mol. The second-order valence-electron chi connectivity index (χ2n) is 8.06. The number of hydrogen-bond acceptors (Lipinski definition) is 6. The van der Waals surface area contributed by atoms with Gasteiger partial charge in [0.05, 0.1) is 22.2 Å². The van der Waals surface area contributed by atoms with E-state index >= 15 is 0 Å². The summed E-state index contributed by atoms with van der Waals surface area (Å²) in [5.41, 5.74) is 8.66. The summed E-state index contributed by atoms with van der Waals surface area (Å²) in [4.78, 5) is 4.21. The maximum absolute atomic E-state index is 13.4. The predicted octanol–water partition coefficient (Wildman–Crippen LogP) is 4.83. The van der Waals surface area contributed by atoms with Gasteiger partial charge in [0.15, 0.2) is 0 Å². The number of rotatable bonds is 7. The maximum atomic E-state index is 13.4. The van der Waals surface area contributed by atoms with E-state index < -0.39 is 27.7 Å². The molecule has 0 aliphatic carbocycles. The second-order valence-corrected chi connectivity index (χ2v) is 9.71. The molecule has 0 aliphatic heterocycles. The summed E-state index contributed by atoms with van der Waals surface area (Å²) < 4.78 is 72.8. The Morgan fingerprint density at radius 3 is 2.51 bits per heavy atom. The van der Waals surface area contributed by atoms with Crippen LogP contribution >= 0.6 is 0 Å². The van der Waals surface area contributed by atoms with Gasteiger partial charge in [0.1, 0.15) is 29.2 Å². The van der Waals surface area contributed by atoms with E-state index in [0.717, 1.165) is 0 Å². The van der Waals surface area contributed by atoms with Crippen LogP contribution in [0.5, 0.6) is 5.75 Å². The van der Waals surface area contributed by atoms with Gasteiger partial charge in [0.2, 0.25) is 0 Å². The fourth-order valence-corrected chi connectivity index (χ4v) is 4.37. The van der Waals surface area contributed by atoms with Gasteiger partial charge in [0, 0.05) is 18.8 Å². The Morgan fingerprint density at radius 1 is 1.16 bits per heavy atom. The molecule has 2 heterocycles. The Labute approximate surface area is 211 Å². The molecule has 8 nitrogen and oxygen atoms in total. The van der Waals surface area contributed by atoms with Gasteiger partial charge in [-0.1, -0.05) is 24.1 Å². The molecule has 192 valence electrons. The summed E-state index contributed by atoms with van der Waals surface area (Å²) in [6.07, 6.45) is 0.852. The van der Waals surface area contributed by atoms with Crippen molar-refractivity contribution in [2.45, 2.75) is 25.7 Å². The van der Waals surface area contributed by atoms with Crippen molar-refractivity contribution < 1.29 is 26.3 Å². The van der Waals surface area contributed by atoms with E-state index in [2.05, 4.69) is 21.9 Å². The Bertz CT molecular complexity index is 1640. The van der Waals surface area contributed by atoms with E-state index in [-0.39, 0.29) is 17.3 Å². The van der Waals surface area contributed by atoms with Crippen LogP contribution in [0.15, 0.2) is 48.7 Å². The monoisotopic (exact) mass is 529 g/mol. The van der Waals surface area contributed by atoms with Crippen LogP contribution < -0.4 is 15.2 Å². The standard InChI is InChI=1S/C25H22F3N5O3S/c1-4-5-17-13-30-24(29)21-22(31-33(3)23(17)21)16-8-11-19(32-37(34,35)25(27)28)20(12-16)36-14(2)15-6-9-18(26)10-7-15/h6-14,25,32H,1-3H3,(H2,29,30)/t14-/m0/s1. The van der Waals surface area contributed by atoms with Crippen molar-refractivity contribution in [1.29, 1.82) is 0 Å². The molecule has 0 spiro atoms. The van der Waals surface area contributed by atoms with Crippen LogP contribution in [0.2, 0.25) is 0 Å². The summed E-state index contributed by atoms with van der Waals surface area (Å²) in [6.45, 7) is 3.34. The van der Waals surface area contributed by atoms with E-state index in [4.69, 9.17) is 10.5 Å². The van der Waals surface area contributed by atoms with Crippen molar-refractivity contribution in [3.8, 4) is 28.8 Å². The zero-order chi connectivity index (χ0) is 26.9. The molecule has 12 heteroatoms. The third-order valence-corrected chi connectivity index (χ3v) is 6.51. The van der Waals surface area contributed by atoms with E-state index in [0.29, 0.717) is 33.3 Å². The number of nitrogens with one attached hydrogen (secondary N) is 1. The number of pyridine rings is 1. The molecule has 1 atom stereocenters. The van der Waals surface area contributed by atoms with Crippen LogP contribution in [0, 0.1) is 17.7 Å². The quantitative estimate of drug-likeness (QED) is 0.332. The van der Waals surface area contributed by atoms with Crippen molar-refractivity contribution in [2.24, 2.45) is 7.05 Å². The van der Waals surface area contributed by atoms with Crippen LogP contribution in [0.1, 0.15) is 31.1 Å². The van der Waals surface area contributed by atoms with Crippen molar-refractivity contribution in [2.75, 3.05) is 10.5 Å². The highest BCUT2D eigenvalue weighted by atomic mass is 32.2. The van der Waals surface area contributed by atoms with Crippen LogP contribution in [-0.4, -0.2) is 28.9 Å². The average Bonchev–Trinajstić information content (AvgIpc) is 3.20. The largest absolute Gasteiger partial charge is 0.484 e. The molecular weight excluding hydrogens is 507 g/mol. The van der Waals surface area contributed by atoms with E-state index in [1.807, 2.05) is 4.72 Å². The van der Waals surface area contributed by atoms with Gasteiger partial charge in [-0.15, -0.1) is 5.92 Å². The van der Waals surface area contributed by atoms with Crippen LogP contribution in [0.4, 0.5) is 24.7 Å². The minimum atomic E-state index is -4.98. The molecule has 4 aromatic rings. The number of anilines is 2. The number of nitrogens with zero attached hydrogens (tertiary/aromatic N) is 3. The van der Waals surface area contributed by atoms with Gasteiger partial charge in [-0.05, 0) is 43.7 Å². The minimum Gasteiger partial charge on any atom is -0.484 e. The molecule has 4 rings (SSSR count). The first kappa shape index (κ1) is 25.8. The number of hydrogen-bond donors (Lipinski definition) is 2. The van der Waals surface area contributed by atoms with Gasteiger partial charge < -0.3 is 10.5 Å². The van der Waals surface area contributed by atoms with E-state index in [9.17, 15) is 21.6 Å². The fourth-order valence-electron chi connectivity index (χ4n) is 3.81. The third kappa shape index (κ3) is 5.17. The number of fused-ring (bicyclic) bond motifs is 1. The molecule has 2 aromatic heterocycles. The number of nitrogen functional groups attached to an aromatic ring is 1. The lowest BCUT2D eigenvalue weighted by atomic mass is 10.1. The van der Waals surface area contributed by atoms with Gasteiger partial charge in [-0.25, -0.2) is 17.8 Å². The number of alkyl halides is 2. The van der Waals surface area contributed by atoms with Gasteiger partial charge in [-0.3, -0.25) is 9.40 Å². The Balaban J connectivity index is 1.86. The van der Waals surface area contributed by atoms with Crippen LogP contribution in [0.3, 0.4) is 0 Å². The zero-order valence-corrected chi connectivity index (χ0v) is 20.8. The molecule has 0 amide bonds. The lowest BCUT2D eigenvalue weighted by Crippen LogP contribution is -2.21. The first-order valence-electron chi connectivity index (χ1n) is 10.9. The SMILES string of the molecule is CC#Cc1cnc(N)c2c(-c3ccc(NS(=O)(=O)C(F)F)c(O[C@@H](C)c4ccc(F)cc4)c3)nn(C)c12. The topological polar surface area (TPSA) is 112 Å². The molecule has 0 bridgehead atoms. The second kappa shape index (κ2) is 10.0. The number of aromatic nitrogens is 3. The van der Waals surface area contributed by atoms with Gasteiger partial charge >= 0.3 is 5.76 Å². The minimum absolute atomic E-state index is 0.0478. The Hall–Kier alpha value is -4.24. The molecule has 0 saturated carbocycles. The molecule has 37 heavy (non-hydrogen) atoms. The summed E-state index contributed by atoms with van der Waals surface area (Å²) in [5.74, 6) is 1.83. The molecule has 3 N–H and O–H groups in total. The lowest BCUT2D eigenvalue weighted by Gasteiger charge is -2.19. The number of benzene rings is 2. The first-order valence-corrected chi connectivity index (χ1v) is 12.5. The van der Waals surface area contributed by atoms with Gasteiger partial charge in [-0.2, -0.15) is 13.9 Å². The highest BCUT2D eigenvalue weighted by Crippen LogP contribution is 2.38. The Morgan fingerprint density at radius 2 is 1.86 bits per heavy atom. The summed E-state index contributed by atoms with van der Waals surface area (Å²) in [7, 11) is -3.27. The number of aryl methyl sites for hydroxylation is 1. The summed E-state index contributed by atoms with van der Waals surface area (Å²) >= 11 is 0.